The zero-order chi connectivity index (χ0) is 14.8. The van der Waals surface area contributed by atoms with E-state index in [1.54, 1.807) is 6.92 Å². The molecular weight excluding hydrogens is 254 g/mol. The summed E-state index contributed by atoms with van der Waals surface area (Å²) in [4.78, 5) is 24.4. The molecule has 0 aromatic carbocycles. The fraction of sp³-hybridized carbons (Fsp3) is 0.867. The number of hydrogen-bond donors (Lipinski definition) is 3. The van der Waals surface area contributed by atoms with E-state index in [1.807, 2.05) is 13.8 Å². The standard InChI is InChI=1S/C15H27N3O2/c1-10(13(19)18-12-6-7-12)17-14(20)15(2,3)11-5-4-8-16-9-11/h10-12,16H,4-9H2,1-3H3,(H,17,20)(H,18,19). The normalized spacial score (nSPS) is 24.9. The molecule has 0 spiro atoms. The molecule has 5 nitrogen and oxygen atoms in total. The van der Waals surface area contributed by atoms with Gasteiger partial charge in [-0.15, -0.1) is 0 Å². The van der Waals surface area contributed by atoms with Gasteiger partial charge in [0.25, 0.3) is 0 Å². The molecule has 2 fully saturated rings. The molecule has 0 radical (unpaired) electrons. The molecule has 0 bridgehead atoms. The Morgan fingerprint density at radius 2 is 1.95 bits per heavy atom. The van der Waals surface area contributed by atoms with Crippen molar-refractivity contribution in [1.29, 1.82) is 0 Å². The van der Waals surface area contributed by atoms with E-state index in [0.717, 1.165) is 38.8 Å². The van der Waals surface area contributed by atoms with Gasteiger partial charge in [-0.2, -0.15) is 0 Å². The van der Waals surface area contributed by atoms with Gasteiger partial charge in [-0.25, -0.2) is 0 Å². The van der Waals surface area contributed by atoms with E-state index in [2.05, 4.69) is 16.0 Å². The third-order valence-electron chi connectivity index (χ3n) is 4.57. The van der Waals surface area contributed by atoms with Crippen LogP contribution in [0.4, 0.5) is 0 Å². The first kappa shape index (κ1) is 15.3. The van der Waals surface area contributed by atoms with Crippen LogP contribution in [0.5, 0.6) is 0 Å². The number of piperidine rings is 1. The second-order valence-electron chi connectivity index (χ2n) is 6.74. The molecule has 1 heterocycles. The van der Waals surface area contributed by atoms with Crippen molar-refractivity contribution in [2.75, 3.05) is 13.1 Å². The molecule has 5 heteroatoms. The molecule has 2 atom stereocenters. The fourth-order valence-electron chi connectivity index (χ4n) is 2.66. The molecule has 20 heavy (non-hydrogen) atoms. The van der Waals surface area contributed by atoms with Crippen LogP contribution in [0.15, 0.2) is 0 Å². The summed E-state index contributed by atoms with van der Waals surface area (Å²) in [5.74, 6) is 0.234. The van der Waals surface area contributed by atoms with Crippen molar-refractivity contribution < 1.29 is 9.59 Å². The van der Waals surface area contributed by atoms with Crippen molar-refractivity contribution in [3.05, 3.63) is 0 Å². The summed E-state index contributed by atoms with van der Waals surface area (Å²) >= 11 is 0. The monoisotopic (exact) mass is 281 g/mol. The van der Waals surface area contributed by atoms with Crippen molar-refractivity contribution in [2.24, 2.45) is 11.3 Å². The second-order valence-corrected chi connectivity index (χ2v) is 6.74. The lowest BCUT2D eigenvalue weighted by atomic mass is 9.74. The smallest absolute Gasteiger partial charge is 0.242 e. The first-order valence-corrected chi connectivity index (χ1v) is 7.73. The van der Waals surface area contributed by atoms with Gasteiger partial charge < -0.3 is 16.0 Å². The van der Waals surface area contributed by atoms with E-state index in [9.17, 15) is 9.59 Å². The van der Waals surface area contributed by atoms with Crippen LogP contribution in [-0.2, 0) is 9.59 Å². The van der Waals surface area contributed by atoms with E-state index in [0.29, 0.717) is 12.0 Å². The van der Waals surface area contributed by atoms with Crippen molar-refractivity contribution in [2.45, 2.75) is 58.5 Å². The highest BCUT2D eigenvalue weighted by Gasteiger charge is 2.38. The van der Waals surface area contributed by atoms with Gasteiger partial charge in [0.2, 0.25) is 11.8 Å². The lowest BCUT2D eigenvalue weighted by Crippen LogP contribution is -2.52. The van der Waals surface area contributed by atoms with E-state index in [4.69, 9.17) is 0 Å². The molecule has 3 N–H and O–H groups in total. The number of carbonyl (C=O) groups excluding carboxylic acids is 2. The summed E-state index contributed by atoms with van der Waals surface area (Å²) in [6, 6.07) is -0.128. The highest BCUT2D eigenvalue weighted by atomic mass is 16.2. The molecule has 1 saturated carbocycles. The minimum absolute atomic E-state index is 0.0235. The Hall–Kier alpha value is -1.10. The Balaban J connectivity index is 1.86. The number of amides is 2. The van der Waals surface area contributed by atoms with E-state index in [-0.39, 0.29) is 11.8 Å². The van der Waals surface area contributed by atoms with Crippen molar-refractivity contribution in [1.82, 2.24) is 16.0 Å². The highest BCUT2D eigenvalue weighted by molar-refractivity contribution is 5.89. The summed E-state index contributed by atoms with van der Waals surface area (Å²) in [7, 11) is 0. The first-order chi connectivity index (χ1) is 9.41. The molecule has 2 amide bonds. The second kappa shape index (κ2) is 6.12. The fourth-order valence-corrected chi connectivity index (χ4v) is 2.66. The Kier molecular flexibility index (Phi) is 4.68. The maximum Gasteiger partial charge on any atom is 0.242 e. The van der Waals surface area contributed by atoms with Crippen LogP contribution in [0.3, 0.4) is 0 Å². The largest absolute Gasteiger partial charge is 0.352 e. The molecule has 1 saturated heterocycles. The van der Waals surface area contributed by atoms with Gasteiger partial charge in [0.15, 0.2) is 0 Å². The Labute approximate surface area is 121 Å². The molecule has 0 aromatic rings. The quantitative estimate of drug-likeness (QED) is 0.698. The lowest BCUT2D eigenvalue weighted by Gasteiger charge is -2.36. The van der Waals surface area contributed by atoms with Crippen molar-refractivity contribution in [3.8, 4) is 0 Å². The van der Waals surface area contributed by atoms with Gasteiger partial charge >= 0.3 is 0 Å². The van der Waals surface area contributed by atoms with E-state index >= 15 is 0 Å². The predicted octanol–water partition coefficient (Wildman–Crippen LogP) is 0.796. The van der Waals surface area contributed by atoms with Crippen LogP contribution in [0, 0.1) is 11.3 Å². The maximum absolute atomic E-state index is 12.5. The molecule has 1 aliphatic carbocycles. The predicted molar refractivity (Wildman–Crippen MR) is 78.1 cm³/mol. The number of hydrogen-bond acceptors (Lipinski definition) is 3. The summed E-state index contributed by atoms with van der Waals surface area (Å²) < 4.78 is 0. The molecule has 2 unspecified atom stereocenters. The Morgan fingerprint density at radius 3 is 2.50 bits per heavy atom. The zero-order valence-corrected chi connectivity index (χ0v) is 12.8. The maximum atomic E-state index is 12.5. The average molecular weight is 281 g/mol. The highest BCUT2D eigenvalue weighted by Crippen LogP contribution is 2.32. The van der Waals surface area contributed by atoms with E-state index < -0.39 is 11.5 Å². The van der Waals surface area contributed by atoms with Gasteiger partial charge in [0.05, 0.1) is 0 Å². The van der Waals surface area contributed by atoms with E-state index in [1.165, 1.54) is 0 Å². The third-order valence-corrected chi connectivity index (χ3v) is 4.57. The number of carbonyl (C=O) groups is 2. The van der Waals surface area contributed by atoms with Gasteiger partial charge in [-0.1, -0.05) is 13.8 Å². The SMILES string of the molecule is CC(NC(=O)C(C)(C)C1CCCNC1)C(=O)NC1CC1. The lowest BCUT2D eigenvalue weighted by molar-refractivity contribution is -0.136. The summed E-state index contributed by atoms with van der Waals surface area (Å²) in [5, 5.41) is 9.14. The molecule has 0 aromatic heterocycles. The van der Waals surface area contributed by atoms with Crippen LogP contribution >= 0.6 is 0 Å². The van der Waals surface area contributed by atoms with Crippen LogP contribution < -0.4 is 16.0 Å². The summed E-state index contributed by atoms with van der Waals surface area (Å²) in [5.41, 5.74) is -0.443. The molecule has 1 aliphatic heterocycles. The zero-order valence-electron chi connectivity index (χ0n) is 12.8. The molecule has 2 rings (SSSR count). The van der Waals surface area contributed by atoms with Crippen LogP contribution in [0.1, 0.15) is 46.5 Å². The van der Waals surface area contributed by atoms with Crippen molar-refractivity contribution >= 4 is 11.8 Å². The first-order valence-electron chi connectivity index (χ1n) is 7.73. The number of rotatable bonds is 5. The van der Waals surface area contributed by atoms with Crippen LogP contribution in [0.2, 0.25) is 0 Å². The molecular formula is C15H27N3O2. The van der Waals surface area contributed by atoms with Crippen LogP contribution in [-0.4, -0.2) is 37.0 Å². The number of nitrogens with one attached hydrogen (secondary N) is 3. The Bertz CT molecular complexity index is 371. The minimum Gasteiger partial charge on any atom is -0.352 e. The van der Waals surface area contributed by atoms with Crippen LogP contribution in [0.25, 0.3) is 0 Å². The Morgan fingerprint density at radius 1 is 1.25 bits per heavy atom. The average Bonchev–Trinajstić information content (AvgIpc) is 3.23. The third kappa shape index (κ3) is 3.72. The topological polar surface area (TPSA) is 70.2 Å². The van der Waals surface area contributed by atoms with Crippen molar-refractivity contribution in [3.63, 3.8) is 0 Å². The summed E-state index contributed by atoms with van der Waals surface area (Å²) in [6.45, 7) is 7.62. The molecule has 2 aliphatic rings. The van der Waals surface area contributed by atoms with Gasteiger partial charge in [0, 0.05) is 11.5 Å². The molecule has 114 valence electrons. The van der Waals surface area contributed by atoms with Gasteiger partial charge in [0.1, 0.15) is 6.04 Å². The van der Waals surface area contributed by atoms with Gasteiger partial charge in [-0.05, 0) is 51.6 Å². The van der Waals surface area contributed by atoms with Gasteiger partial charge in [-0.3, -0.25) is 9.59 Å². The summed E-state index contributed by atoms with van der Waals surface area (Å²) in [6.07, 6.45) is 4.30. The minimum atomic E-state index is -0.459.